The van der Waals surface area contributed by atoms with Gasteiger partial charge in [0.2, 0.25) is 5.91 Å². The molecule has 7 heteroatoms. The van der Waals surface area contributed by atoms with Gasteiger partial charge < -0.3 is 10.2 Å². The van der Waals surface area contributed by atoms with Gasteiger partial charge in [0.25, 0.3) is 0 Å². The van der Waals surface area contributed by atoms with E-state index in [-0.39, 0.29) is 5.91 Å². The lowest BCUT2D eigenvalue weighted by Crippen LogP contribution is -2.22. The summed E-state index contributed by atoms with van der Waals surface area (Å²) in [5.74, 6) is 0.310. The van der Waals surface area contributed by atoms with Gasteiger partial charge in [0.1, 0.15) is 0 Å². The number of carbonyl (C=O) groups excluding carboxylic acids is 1. The number of carbonyl (C=O) groups is 1. The van der Waals surface area contributed by atoms with Crippen molar-refractivity contribution in [2.45, 2.75) is 24.1 Å². The fraction of sp³-hybridized carbons (Fsp3) is 0.375. The number of thioether (sulfide) groups is 1. The Kier molecular flexibility index (Phi) is 5.46. The van der Waals surface area contributed by atoms with Crippen LogP contribution in [0, 0.1) is 6.92 Å². The Labute approximate surface area is 149 Å². The van der Waals surface area contributed by atoms with E-state index in [1.165, 1.54) is 11.8 Å². The van der Waals surface area contributed by atoms with E-state index in [9.17, 15) is 4.79 Å². The monoisotopic (exact) mass is 367 g/mol. The van der Waals surface area contributed by atoms with Crippen molar-refractivity contribution in [2.24, 2.45) is 0 Å². The van der Waals surface area contributed by atoms with Crippen LogP contribution in [0.1, 0.15) is 18.5 Å². The maximum absolute atomic E-state index is 12.3. The summed E-state index contributed by atoms with van der Waals surface area (Å²) < 4.78 is 0.920. The Morgan fingerprint density at radius 1 is 1.43 bits per heavy atom. The Morgan fingerprint density at radius 3 is 2.91 bits per heavy atom. The van der Waals surface area contributed by atoms with Crippen molar-refractivity contribution in [3.8, 4) is 0 Å². The van der Waals surface area contributed by atoms with E-state index in [0.29, 0.717) is 10.8 Å². The van der Waals surface area contributed by atoms with E-state index in [0.717, 1.165) is 47.3 Å². The zero-order valence-electron chi connectivity index (χ0n) is 12.8. The predicted octanol–water partition coefficient (Wildman–Crippen LogP) is 4.44. The number of hydrogen-bond acceptors (Lipinski definition) is 5. The average Bonchev–Trinajstić information content (AvgIpc) is 3.17. The first-order valence-corrected chi connectivity index (χ1v) is 9.76. The number of nitrogens with zero attached hydrogens (tertiary/aromatic N) is 2. The molecular formula is C16H18ClN3OS2. The Morgan fingerprint density at radius 2 is 2.22 bits per heavy atom. The summed E-state index contributed by atoms with van der Waals surface area (Å²) in [6.07, 6.45) is 2.33. The summed E-state index contributed by atoms with van der Waals surface area (Å²) in [5, 5.41) is 5.67. The van der Waals surface area contributed by atoms with Crippen LogP contribution in [0.5, 0.6) is 0 Å². The van der Waals surface area contributed by atoms with Crippen molar-refractivity contribution in [3.63, 3.8) is 0 Å². The molecule has 0 saturated carbocycles. The quantitative estimate of drug-likeness (QED) is 0.794. The van der Waals surface area contributed by atoms with E-state index >= 15 is 0 Å². The van der Waals surface area contributed by atoms with Crippen LogP contribution in [0.15, 0.2) is 27.9 Å². The number of halogens is 1. The molecule has 1 amide bonds. The van der Waals surface area contributed by atoms with E-state index in [4.69, 9.17) is 11.6 Å². The van der Waals surface area contributed by atoms with Gasteiger partial charge >= 0.3 is 0 Å². The highest BCUT2D eigenvalue weighted by molar-refractivity contribution is 8.01. The summed E-state index contributed by atoms with van der Waals surface area (Å²) in [5.41, 5.74) is 2.72. The van der Waals surface area contributed by atoms with E-state index < -0.39 is 0 Å². The molecule has 0 radical (unpaired) electrons. The first kappa shape index (κ1) is 16.6. The second-order valence-corrected chi connectivity index (χ2v) is 7.91. The summed E-state index contributed by atoms with van der Waals surface area (Å²) >= 11 is 9.39. The molecule has 1 fully saturated rings. The Bertz CT molecular complexity index is 698. The third-order valence-electron chi connectivity index (χ3n) is 3.61. The van der Waals surface area contributed by atoms with Crippen LogP contribution in [0.4, 0.5) is 11.4 Å². The maximum atomic E-state index is 12.3. The number of aryl methyl sites for hydroxylation is 1. The van der Waals surface area contributed by atoms with Gasteiger partial charge in [-0.05, 0) is 31.9 Å². The molecule has 4 nitrogen and oxygen atoms in total. The molecule has 3 rings (SSSR count). The van der Waals surface area contributed by atoms with Gasteiger partial charge in [-0.3, -0.25) is 4.79 Å². The van der Waals surface area contributed by atoms with Gasteiger partial charge in [-0.15, -0.1) is 11.3 Å². The van der Waals surface area contributed by atoms with Crippen LogP contribution in [0.3, 0.4) is 0 Å². The van der Waals surface area contributed by atoms with Crippen molar-refractivity contribution in [3.05, 3.63) is 34.3 Å². The number of amides is 1. The minimum absolute atomic E-state index is 0.0365. The highest BCUT2D eigenvalue weighted by Gasteiger charge is 2.19. The number of hydrogen-bond donors (Lipinski definition) is 1. The fourth-order valence-electron chi connectivity index (χ4n) is 2.59. The van der Waals surface area contributed by atoms with Crippen molar-refractivity contribution >= 4 is 52.0 Å². The summed E-state index contributed by atoms with van der Waals surface area (Å²) in [4.78, 5) is 18.9. The Balaban J connectivity index is 1.67. The first-order chi connectivity index (χ1) is 11.1. The zero-order chi connectivity index (χ0) is 16.2. The van der Waals surface area contributed by atoms with Gasteiger partial charge in [-0.1, -0.05) is 29.4 Å². The average molecular weight is 368 g/mol. The van der Waals surface area contributed by atoms with Crippen molar-refractivity contribution in [1.82, 2.24) is 4.98 Å². The van der Waals surface area contributed by atoms with Crippen LogP contribution in [-0.2, 0) is 4.79 Å². The molecule has 1 aliphatic rings. The largest absolute Gasteiger partial charge is 0.369 e. The predicted molar refractivity (Wildman–Crippen MR) is 99.1 cm³/mol. The van der Waals surface area contributed by atoms with Crippen LogP contribution >= 0.6 is 34.7 Å². The second-order valence-electron chi connectivity index (χ2n) is 5.42. The summed E-state index contributed by atoms with van der Waals surface area (Å²) in [7, 11) is 0. The highest BCUT2D eigenvalue weighted by atomic mass is 35.5. The number of benzene rings is 1. The molecule has 1 N–H and O–H groups in total. The van der Waals surface area contributed by atoms with Gasteiger partial charge in [0.05, 0.1) is 22.2 Å². The van der Waals surface area contributed by atoms with E-state index in [1.807, 2.05) is 30.5 Å². The molecule has 1 saturated heterocycles. The fourth-order valence-corrected chi connectivity index (χ4v) is 4.53. The smallest absolute Gasteiger partial charge is 0.234 e. The Hall–Kier alpha value is -1.24. The SMILES string of the molecule is Cc1csc(SCC(=O)Nc2cccc(Cl)c2N2CCCC2)n1. The van der Waals surface area contributed by atoms with Gasteiger partial charge in [-0.2, -0.15) is 0 Å². The molecule has 23 heavy (non-hydrogen) atoms. The molecule has 0 unspecified atom stereocenters. The molecule has 122 valence electrons. The third-order valence-corrected chi connectivity index (χ3v) is 6.05. The summed E-state index contributed by atoms with van der Waals surface area (Å²) in [6, 6.07) is 5.66. The van der Waals surface area contributed by atoms with Crippen LogP contribution in [0.25, 0.3) is 0 Å². The second kappa shape index (κ2) is 7.55. The van der Waals surface area contributed by atoms with Gasteiger partial charge in [-0.25, -0.2) is 4.98 Å². The van der Waals surface area contributed by atoms with Crippen molar-refractivity contribution < 1.29 is 4.79 Å². The molecule has 1 aromatic heterocycles. The van der Waals surface area contributed by atoms with E-state index in [1.54, 1.807) is 11.3 Å². The van der Waals surface area contributed by atoms with Gasteiger partial charge in [0, 0.05) is 24.2 Å². The molecule has 0 atom stereocenters. The molecule has 1 aromatic carbocycles. The number of anilines is 2. The lowest BCUT2D eigenvalue weighted by Gasteiger charge is -2.22. The first-order valence-electron chi connectivity index (χ1n) is 7.52. The topological polar surface area (TPSA) is 45.2 Å². The lowest BCUT2D eigenvalue weighted by atomic mass is 10.2. The number of thiazole rings is 1. The minimum Gasteiger partial charge on any atom is -0.369 e. The standard InChI is InChI=1S/C16H18ClN3OS2/c1-11-9-22-16(18-11)23-10-14(21)19-13-6-4-5-12(17)15(13)20-7-2-3-8-20/h4-6,9H,2-3,7-8,10H2,1H3,(H,19,21). The molecular weight excluding hydrogens is 350 g/mol. The number of rotatable bonds is 5. The molecule has 2 aromatic rings. The molecule has 0 spiro atoms. The number of para-hydroxylation sites is 1. The number of aromatic nitrogens is 1. The summed E-state index contributed by atoms with van der Waals surface area (Å²) in [6.45, 7) is 3.93. The molecule has 0 aliphatic carbocycles. The molecule has 1 aliphatic heterocycles. The third kappa shape index (κ3) is 4.19. The van der Waals surface area contributed by atoms with Crippen LogP contribution < -0.4 is 10.2 Å². The minimum atomic E-state index is -0.0365. The lowest BCUT2D eigenvalue weighted by molar-refractivity contribution is -0.113. The van der Waals surface area contributed by atoms with E-state index in [2.05, 4.69) is 15.2 Å². The normalized spacial score (nSPS) is 14.3. The number of nitrogens with one attached hydrogen (secondary N) is 1. The highest BCUT2D eigenvalue weighted by Crippen LogP contribution is 2.36. The zero-order valence-corrected chi connectivity index (χ0v) is 15.2. The van der Waals surface area contributed by atoms with Crippen molar-refractivity contribution in [2.75, 3.05) is 29.1 Å². The molecule has 0 bridgehead atoms. The maximum Gasteiger partial charge on any atom is 0.234 e. The molecule has 2 heterocycles. The van der Waals surface area contributed by atoms with Gasteiger partial charge in [0.15, 0.2) is 4.34 Å². The van der Waals surface area contributed by atoms with Crippen LogP contribution in [0.2, 0.25) is 5.02 Å². The van der Waals surface area contributed by atoms with Crippen LogP contribution in [-0.4, -0.2) is 29.7 Å². The van der Waals surface area contributed by atoms with Crippen molar-refractivity contribution in [1.29, 1.82) is 0 Å².